The van der Waals surface area contributed by atoms with Crippen LogP contribution in [0, 0.1) is 0 Å². The molecule has 3 N–H and O–H groups in total. The molecule has 0 amide bonds. The van der Waals surface area contributed by atoms with Crippen LogP contribution in [0.1, 0.15) is 13.8 Å². The van der Waals surface area contributed by atoms with Gasteiger partial charge in [0.15, 0.2) is 0 Å². The molecule has 1 aromatic heterocycles. The van der Waals surface area contributed by atoms with Crippen LogP contribution in [0.4, 0.5) is 5.69 Å². The van der Waals surface area contributed by atoms with Crippen LogP contribution >= 0.6 is 11.6 Å². The molecular weight excluding hydrogens is 216 g/mol. The Labute approximate surface area is 93.2 Å². The summed E-state index contributed by atoms with van der Waals surface area (Å²) in [5.41, 5.74) is 0.185. The van der Waals surface area contributed by atoms with Gasteiger partial charge in [-0.15, -0.1) is 0 Å². The van der Waals surface area contributed by atoms with Gasteiger partial charge in [-0.2, -0.15) is 5.10 Å². The third-order valence-corrected chi connectivity index (χ3v) is 2.16. The van der Waals surface area contributed by atoms with Crippen molar-refractivity contribution < 1.29 is 0 Å². The fraction of sp³-hybridized carbons (Fsp3) is 0.556. The molecule has 0 unspecified atom stereocenters. The number of nitrogens with zero attached hydrogens (tertiary/aromatic N) is 1. The summed E-state index contributed by atoms with van der Waals surface area (Å²) < 4.78 is 0. The van der Waals surface area contributed by atoms with E-state index in [-0.39, 0.29) is 10.6 Å². The lowest BCUT2D eigenvalue weighted by molar-refractivity contribution is 0.602. The van der Waals surface area contributed by atoms with Gasteiger partial charge in [-0.1, -0.05) is 25.4 Å². The first kappa shape index (κ1) is 12.0. The lowest BCUT2D eigenvalue weighted by atomic mass is 10.4. The molecule has 0 aliphatic rings. The number of aromatic nitrogens is 2. The van der Waals surface area contributed by atoms with E-state index in [9.17, 15) is 4.79 Å². The zero-order chi connectivity index (χ0) is 11.3. The molecule has 0 atom stereocenters. The van der Waals surface area contributed by atoms with Crippen LogP contribution in [0.25, 0.3) is 0 Å². The zero-order valence-corrected chi connectivity index (χ0v) is 9.56. The molecule has 0 saturated heterocycles. The lowest BCUT2D eigenvalue weighted by Crippen LogP contribution is -2.28. The Bertz CT molecular complexity index is 363. The van der Waals surface area contributed by atoms with Crippen LogP contribution in [0.5, 0.6) is 0 Å². The van der Waals surface area contributed by atoms with Crippen molar-refractivity contribution in [1.29, 1.82) is 0 Å². The standard InChI is InChI=1S/C9H15ClN4O/c1-6(2)11-3-4-12-7-5-13-14-9(15)8(7)10/h5-6,11H,3-4H2,1-2H3,(H2,12,14,15). The summed E-state index contributed by atoms with van der Waals surface area (Å²) in [7, 11) is 0. The predicted molar refractivity (Wildman–Crippen MR) is 61.5 cm³/mol. The van der Waals surface area contributed by atoms with Crippen molar-refractivity contribution in [3.63, 3.8) is 0 Å². The molecule has 15 heavy (non-hydrogen) atoms. The first-order valence-electron chi connectivity index (χ1n) is 4.81. The molecule has 6 heteroatoms. The third kappa shape index (κ3) is 3.89. The lowest BCUT2D eigenvalue weighted by Gasteiger charge is -2.10. The molecule has 0 radical (unpaired) electrons. The van der Waals surface area contributed by atoms with Gasteiger partial charge < -0.3 is 10.6 Å². The first-order chi connectivity index (χ1) is 7.11. The minimum atomic E-state index is -0.376. The van der Waals surface area contributed by atoms with Crippen LogP contribution < -0.4 is 16.2 Å². The first-order valence-corrected chi connectivity index (χ1v) is 5.19. The molecule has 84 valence electrons. The second kappa shape index (κ2) is 5.72. The molecule has 0 aliphatic carbocycles. The highest BCUT2D eigenvalue weighted by Gasteiger charge is 2.03. The van der Waals surface area contributed by atoms with Crippen molar-refractivity contribution >= 4 is 17.3 Å². The van der Waals surface area contributed by atoms with Crippen molar-refractivity contribution in [2.45, 2.75) is 19.9 Å². The van der Waals surface area contributed by atoms with Gasteiger partial charge >= 0.3 is 0 Å². The minimum absolute atomic E-state index is 0.148. The third-order valence-electron chi connectivity index (χ3n) is 1.79. The summed E-state index contributed by atoms with van der Waals surface area (Å²) in [6, 6.07) is 0.444. The SMILES string of the molecule is CC(C)NCCNc1cn[nH]c(=O)c1Cl. The van der Waals surface area contributed by atoms with Crippen molar-refractivity contribution in [2.24, 2.45) is 0 Å². The van der Waals surface area contributed by atoms with Gasteiger partial charge in [0.05, 0.1) is 11.9 Å². The van der Waals surface area contributed by atoms with Crippen molar-refractivity contribution in [3.8, 4) is 0 Å². The number of nitrogens with one attached hydrogen (secondary N) is 3. The van der Waals surface area contributed by atoms with Gasteiger partial charge in [-0.25, -0.2) is 5.10 Å². The monoisotopic (exact) mass is 230 g/mol. The number of H-pyrrole nitrogens is 1. The van der Waals surface area contributed by atoms with E-state index < -0.39 is 0 Å². The average molecular weight is 231 g/mol. The molecule has 0 aliphatic heterocycles. The zero-order valence-electron chi connectivity index (χ0n) is 8.80. The summed E-state index contributed by atoms with van der Waals surface area (Å²) in [5.74, 6) is 0. The molecule has 5 nitrogen and oxygen atoms in total. The Morgan fingerprint density at radius 1 is 1.53 bits per heavy atom. The van der Waals surface area contributed by atoms with Crippen molar-refractivity contribution in [1.82, 2.24) is 15.5 Å². The van der Waals surface area contributed by atoms with E-state index in [1.807, 2.05) is 0 Å². The Morgan fingerprint density at radius 2 is 2.27 bits per heavy atom. The number of hydrogen-bond acceptors (Lipinski definition) is 4. The second-order valence-corrected chi connectivity index (χ2v) is 3.84. The highest BCUT2D eigenvalue weighted by atomic mass is 35.5. The topological polar surface area (TPSA) is 69.8 Å². The Kier molecular flexibility index (Phi) is 4.58. The fourth-order valence-electron chi connectivity index (χ4n) is 1.06. The minimum Gasteiger partial charge on any atom is -0.381 e. The second-order valence-electron chi connectivity index (χ2n) is 3.46. The summed E-state index contributed by atoms with van der Waals surface area (Å²) in [5, 5.41) is 12.3. The van der Waals surface area contributed by atoms with E-state index >= 15 is 0 Å². The summed E-state index contributed by atoms with van der Waals surface area (Å²) in [4.78, 5) is 11.1. The predicted octanol–water partition coefficient (Wildman–Crippen LogP) is 0.833. The van der Waals surface area contributed by atoms with E-state index in [1.54, 1.807) is 0 Å². The Balaban J connectivity index is 2.44. The van der Waals surface area contributed by atoms with Gasteiger partial charge in [-0.3, -0.25) is 4.79 Å². The highest BCUT2D eigenvalue weighted by Crippen LogP contribution is 2.13. The van der Waals surface area contributed by atoms with Crippen molar-refractivity contribution in [2.75, 3.05) is 18.4 Å². The largest absolute Gasteiger partial charge is 0.381 e. The molecule has 0 bridgehead atoms. The van der Waals surface area contributed by atoms with Gasteiger partial charge in [0.2, 0.25) is 0 Å². The molecule has 0 saturated carbocycles. The number of halogens is 1. The number of aromatic amines is 1. The molecule has 1 aromatic rings. The quantitative estimate of drug-likeness (QED) is 0.656. The molecule has 1 rings (SSSR count). The van der Waals surface area contributed by atoms with Crippen LogP contribution in [0.2, 0.25) is 5.02 Å². The van der Waals surface area contributed by atoms with Crippen LogP contribution in [0.3, 0.4) is 0 Å². The van der Waals surface area contributed by atoms with Crippen LogP contribution in [-0.2, 0) is 0 Å². The molecular formula is C9H15ClN4O. The van der Waals surface area contributed by atoms with E-state index in [0.29, 0.717) is 18.3 Å². The van der Waals surface area contributed by atoms with Gasteiger partial charge in [0.25, 0.3) is 5.56 Å². The molecule has 1 heterocycles. The number of anilines is 1. The van der Waals surface area contributed by atoms with E-state index in [0.717, 1.165) is 6.54 Å². The Hall–Kier alpha value is -1.07. The number of rotatable bonds is 5. The highest BCUT2D eigenvalue weighted by molar-refractivity contribution is 6.32. The van der Waals surface area contributed by atoms with Gasteiger partial charge in [-0.05, 0) is 0 Å². The Morgan fingerprint density at radius 3 is 2.93 bits per heavy atom. The summed E-state index contributed by atoms with van der Waals surface area (Å²) >= 11 is 5.77. The van der Waals surface area contributed by atoms with Crippen LogP contribution in [-0.4, -0.2) is 29.3 Å². The van der Waals surface area contributed by atoms with E-state index in [1.165, 1.54) is 6.20 Å². The summed E-state index contributed by atoms with van der Waals surface area (Å²) in [6.07, 6.45) is 1.50. The normalized spacial score (nSPS) is 10.7. The smallest absolute Gasteiger partial charge is 0.285 e. The fourth-order valence-corrected chi connectivity index (χ4v) is 1.22. The van der Waals surface area contributed by atoms with Crippen molar-refractivity contribution in [3.05, 3.63) is 21.6 Å². The van der Waals surface area contributed by atoms with E-state index in [2.05, 4.69) is 34.7 Å². The van der Waals surface area contributed by atoms with E-state index in [4.69, 9.17) is 11.6 Å². The summed E-state index contributed by atoms with van der Waals surface area (Å²) in [6.45, 7) is 5.65. The van der Waals surface area contributed by atoms with Gasteiger partial charge in [0.1, 0.15) is 5.02 Å². The van der Waals surface area contributed by atoms with Gasteiger partial charge in [0, 0.05) is 19.1 Å². The molecule has 0 aromatic carbocycles. The molecule has 0 fully saturated rings. The maximum atomic E-state index is 11.1. The maximum absolute atomic E-state index is 11.1. The molecule has 0 spiro atoms. The number of hydrogen-bond donors (Lipinski definition) is 3. The van der Waals surface area contributed by atoms with Crippen LogP contribution in [0.15, 0.2) is 11.0 Å². The maximum Gasteiger partial charge on any atom is 0.285 e. The average Bonchev–Trinajstić information content (AvgIpc) is 2.18.